The first kappa shape index (κ1) is 15.9. The Morgan fingerprint density at radius 1 is 1.19 bits per heavy atom. The molecular formula is C15H13IN2O2S. The number of carbonyl (C=O) groups is 1. The third-order valence-electron chi connectivity index (χ3n) is 2.71. The molecule has 0 radical (unpaired) electrons. The predicted octanol–water partition coefficient (Wildman–Crippen LogP) is 2.91. The smallest absolute Gasteiger partial charge is 0.258 e. The minimum atomic E-state index is -0.254. The number of aliphatic hydroxyl groups excluding tert-OH is 1. The number of anilines is 1. The number of hydrogen-bond donors (Lipinski definition) is 3. The predicted molar refractivity (Wildman–Crippen MR) is 95.2 cm³/mol. The lowest BCUT2D eigenvalue weighted by molar-refractivity contribution is 0.0977. The molecule has 0 saturated heterocycles. The number of nitrogens with one attached hydrogen (secondary N) is 2. The van der Waals surface area contributed by atoms with E-state index in [1.807, 2.05) is 18.2 Å². The number of benzene rings is 2. The minimum absolute atomic E-state index is 0.0448. The van der Waals surface area contributed by atoms with Gasteiger partial charge in [0, 0.05) is 9.26 Å². The fourth-order valence-electron chi connectivity index (χ4n) is 1.73. The topological polar surface area (TPSA) is 61.4 Å². The lowest BCUT2D eigenvalue weighted by atomic mass is 10.2. The van der Waals surface area contributed by atoms with Crippen LogP contribution in [-0.2, 0) is 6.61 Å². The number of carbonyl (C=O) groups excluding carboxylic acids is 1. The van der Waals surface area contributed by atoms with Gasteiger partial charge in [0.2, 0.25) is 0 Å². The Bertz CT molecular complexity index is 676. The van der Waals surface area contributed by atoms with Gasteiger partial charge in [-0.1, -0.05) is 24.3 Å². The summed E-state index contributed by atoms with van der Waals surface area (Å²) in [5, 5.41) is 14.9. The van der Waals surface area contributed by atoms with E-state index in [0.717, 1.165) is 14.8 Å². The fourth-order valence-corrected chi connectivity index (χ4v) is 2.57. The summed E-state index contributed by atoms with van der Waals surface area (Å²) in [4.78, 5) is 12.1. The van der Waals surface area contributed by atoms with E-state index in [0.29, 0.717) is 5.56 Å². The molecule has 0 spiro atoms. The molecule has 3 N–H and O–H groups in total. The highest BCUT2D eigenvalue weighted by Crippen LogP contribution is 2.12. The van der Waals surface area contributed by atoms with E-state index in [-0.39, 0.29) is 17.6 Å². The van der Waals surface area contributed by atoms with Gasteiger partial charge in [-0.3, -0.25) is 10.1 Å². The Morgan fingerprint density at radius 2 is 1.95 bits per heavy atom. The zero-order chi connectivity index (χ0) is 15.2. The molecule has 108 valence electrons. The molecule has 21 heavy (non-hydrogen) atoms. The van der Waals surface area contributed by atoms with Crippen LogP contribution in [0.2, 0.25) is 0 Å². The zero-order valence-electron chi connectivity index (χ0n) is 11.0. The van der Waals surface area contributed by atoms with Crippen molar-refractivity contribution in [1.82, 2.24) is 5.32 Å². The van der Waals surface area contributed by atoms with Crippen molar-refractivity contribution in [1.29, 1.82) is 0 Å². The molecule has 1 amide bonds. The first-order chi connectivity index (χ1) is 10.1. The maximum Gasteiger partial charge on any atom is 0.258 e. The van der Waals surface area contributed by atoms with Crippen molar-refractivity contribution in [2.45, 2.75) is 6.61 Å². The Labute approximate surface area is 141 Å². The monoisotopic (exact) mass is 412 g/mol. The second-order valence-corrected chi connectivity index (χ2v) is 5.82. The van der Waals surface area contributed by atoms with Crippen molar-refractivity contribution in [3.05, 3.63) is 63.2 Å². The van der Waals surface area contributed by atoms with E-state index >= 15 is 0 Å². The molecule has 2 aromatic carbocycles. The van der Waals surface area contributed by atoms with Gasteiger partial charge >= 0.3 is 0 Å². The summed E-state index contributed by atoms with van der Waals surface area (Å²) in [6.07, 6.45) is 0. The molecule has 4 nitrogen and oxygen atoms in total. The molecule has 0 saturated carbocycles. The third-order valence-corrected chi connectivity index (χ3v) is 3.86. The summed E-state index contributed by atoms with van der Waals surface area (Å²) < 4.78 is 0.859. The molecule has 0 heterocycles. The standard InChI is InChI=1S/C15H13IN2O2S/c16-13-7-2-1-6-12(13)14(20)18-15(21)17-11-5-3-4-10(8-11)9-19/h1-8,19H,9H2,(H2,17,18,20,21). The lowest BCUT2D eigenvalue weighted by Gasteiger charge is -2.11. The highest BCUT2D eigenvalue weighted by atomic mass is 127. The molecule has 0 aromatic heterocycles. The van der Waals surface area contributed by atoms with Gasteiger partial charge in [0.15, 0.2) is 5.11 Å². The number of thiocarbonyl (C=S) groups is 1. The van der Waals surface area contributed by atoms with Crippen molar-refractivity contribution < 1.29 is 9.90 Å². The van der Waals surface area contributed by atoms with Crippen LogP contribution in [0.25, 0.3) is 0 Å². The van der Waals surface area contributed by atoms with E-state index < -0.39 is 0 Å². The second kappa shape index (κ2) is 7.48. The van der Waals surface area contributed by atoms with Gasteiger partial charge < -0.3 is 10.4 Å². The van der Waals surface area contributed by atoms with Gasteiger partial charge in [0.05, 0.1) is 12.2 Å². The maximum atomic E-state index is 12.1. The summed E-state index contributed by atoms with van der Waals surface area (Å²) in [5.41, 5.74) is 2.06. The molecule has 0 atom stereocenters. The van der Waals surface area contributed by atoms with Gasteiger partial charge in [-0.25, -0.2) is 0 Å². The molecule has 0 fully saturated rings. The van der Waals surface area contributed by atoms with Crippen LogP contribution in [0.3, 0.4) is 0 Å². The second-order valence-electron chi connectivity index (χ2n) is 4.25. The number of hydrogen-bond acceptors (Lipinski definition) is 3. The van der Waals surface area contributed by atoms with Gasteiger partial charge in [-0.15, -0.1) is 0 Å². The van der Waals surface area contributed by atoms with Crippen LogP contribution >= 0.6 is 34.8 Å². The van der Waals surface area contributed by atoms with Crippen LogP contribution in [0, 0.1) is 3.57 Å². The minimum Gasteiger partial charge on any atom is -0.392 e. The third kappa shape index (κ3) is 4.48. The SMILES string of the molecule is O=C(NC(=S)Nc1cccc(CO)c1)c1ccccc1I. The Morgan fingerprint density at radius 3 is 2.67 bits per heavy atom. The molecule has 0 aliphatic rings. The summed E-state index contributed by atoms with van der Waals surface area (Å²) in [6.45, 7) is -0.0448. The zero-order valence-corrected chi connectivity index (χ0v) is 13.9. The van der Waals surface area contributed by atoms with E-state index in [9.17, 15) is 4.79 Å². The van der Waals surface area contributed by atoms with Crippen molar-refractivity contribution >= 4 is 51.5 Å². The quantitative estimate of drug-likeness (QED) is 0.536. The van der Waals surface area contributed by atoms with Crippen molar-refractivity contribution in [2.24, 2.45) is 0 Å². The summed E-state index contributed by atoms with van der Waals surface area (Å²) in [6, 6.07) is 14.5. The number of amides is 1. The molecule has 2 aromatic rings. The summed E-state index contributed by atoms with van der Waals surface area (Å²) >= 11 is 7.23. The number of aliphatic hydroxyl groups is 1. The molecular weight excluding hydrogens is 399 g/mol. The molecule has 0 bridgehead atoms. The van der Waals surface area contributed by atoms with Crippen LogP contribution in [0.5, 0.6) is 0 Å². The fraction of sp³-hybridized carbons (Fsp3) is 0.0667. The molecule has 0 unspecified atom stereocenters. The van der Waals surface area contributed by atoms with Gasteiger partial charge in [-0.05, 0) is 64.6 Å². The van der Waals surface area contributed by atoms with Crippen LogP contribution < -0.4 is 10.6 Å². The summed E-state index contributed by atoms with van der Waals surface area (Å²) in [5.74, 6) is -0.254. The first-order valence-corrected chi connectivity index (χ1v) is 7.65. The Hall–Kier alpha value is -1.51. The van der Waals surface area contributed by atoms with Gasteiger partial charge in [-0.2, -0.15) is 0 Å². The van der Waals surface area contributed by atoms with Gasteiger partial charge in [0.25, 0.3) is 5.91 Å². The Kier molecular flexibility index (Phi) is 5.66. The summed E-state index contributed by atoms with van der Waals surface area (Å²) in [7, 11) is 0. The van der Waals surface area contributed by atoms with E-state index in [2.05, 4.69) is 33.2 Å². The number of rotatable bonds is 3. The highest BCUT2D eigenvalue weighted by molar-refractivity contribution is 14.1. The molecule has 0 aliphatic heterocycles. The van der Waals surface area contributed by atoms with Crippen molar-refractivity contribution in [3.8, 4) is 0 Å². The highest BCUT2D eigenvalue weighted by Gasteiger charge is 2.10. The molecule has 0 aliphatic carbocycles. The normalized spacial score (nSPS) is 10.0. The lowest BCUT2D eigenvalue weighted by Crippen LogP contribution is -2.34. The average Bonchev–Trinajstić information content (AvgIpc) is 2.47. The average molecular weight is 412 g/mol. The van der Waals surface area contributed by atoms with Crippen LogP contribution in [0.1, 0.15) is 15.9 Å². The van der Waals surface area contributed by atoms with Crippen molar-refractivity contribution in [3.63, 3.8) is 0 Å². The van der Waals surface area contributed by atoms with E-state index in [1.54, 1.807) is 30.3 Å². The Balaban J connectivity index is 2.01. The van der Waals surface area contributed by atoms with Crippen LogP contribution in [0.4, 0.5) is 5.69 Å². The largest absolute Gasteiger partial charge is 0.392 e. The van der Waals surface area contributed by atoms with Gasteiger partial charge in [0.1, 0.15) is 0 Å². The molecule has 2 rings (SSSR count). The van der Waals surface area contributed by atoms with E-state index in [1.165, 1.54) is 0 Å². The van der Waals surface area contributed by atoms with Crippen LogP contribution in [-0.4, -0.2) is 16.1 Å². The van der Waals surface area contributed by atoms with E-state index in [4.69, 9.17) is 17.3 Å². The first-order valence-electron chi connectivity index (χ1n) is 6.17. The van der Waals surface area contributed by atoms with Crippen molar-refractivity contribution in [2.75, 3.05) is 5.32 Å². The number of halogens is 1. The molecule has 6 heteroatoms. The van der Waals surface area contributed by atoms with Crippen LogP contribution in [0.15, 0.2) is 48.5 Å². The maximum absolute atomic E-state index is 12.1.